The largest absolute Gasteiger partial charge is 0.464 e. The van der Waals surface area contributed by atoms with Gasteiger partial charge in [0, 0.05) is 17.8 Å². The summed E-state index contributed by atoms with van der Waals surface area (Å²) in [5.74, 6) is -1.21. The van der Waals surface area contributed by atoms with Crippen molar-refractivity contribution >= 4 is 23.5 Å². The SMILES string of the molecule is COC(=O)c1cc2n(n1)C[C@](C)(C(=O)NC1CCCCC1)N(c1ccc(C)cc1)C2=O. The number of benzene rings is 1. The van der Waals surface area contributed by atoms with E-state index in [1.807, 2.05) is 31.2 Å². The van der Waals surface area contributed by atoms with Crippen molar-refractivity contribution in [3.8, 4) is 0 Å². The number of aromatic nitrogens is 2. The fraction of sp³-hybridized carbons (Fsp3) is 0.478. The molecule has 8 nitrogen and oxygen atoms in total. The first-order valence-electron chi connectivity index (χ1n) is 10.7. The zero-order valence-corrected chi connectivity index (χ0v) is 18.2. The molecule has 2 aromatic rings. The zero-order chi connectivity index (χ0) is 22.2. The molecule has 2 amide bonds. The van der Waals surface area contributed by atoms with Crippen LogP contribution in [-0.2, 0) is 16.1 Å². The summed E-state index contributed by atoms with van der Waals surface area (Å²) in [4.78, 5) is 40.6. The summed E-state index contributed by atoms with van der Waals surface area (Å²) < 4.78 is 6.20. The lowest BCUT2D eigenvalue weighted by atomic mass is 9.91. The Kier molecular flexibility index (Phi) is 5.56. The van der Waals surface area contributed by atoms with E-state index in [1.54, 1.807) is 6.92 Å². The van der Waals surface area contributed by atoms with Crippen molar-refractivity contribution in [1.29, 1.82) is 0 Å². The minimum Gasteiger partial charge on any atom is -0.464 e. The highest BCUT2D eigenvalue weighted by Crippen LogP contribution is 2.33. The molecule has 31 heavy (non-hydrogen) atoms. The fourth-order valence-corrected chi connectivity index (χ4v) is 4.47. The summed E-state index contributed by atoms with van der Waals surface area (Å²) in [5, 5.41) is 7.42. The molecule has 1 aliphatic carbocycles. The third-order valence-corrected chi connectivity index (χ3v) is 6.27. The van der Waals surface area contributed by atoms with Crippen LogP contribution in [0.4, 0.5) is 5.69 Å². The summed E-state index contributed by atoms with van der Waals surface area (Å²) in [6, 6.07) is 9.03. The maximum absolute atomic E-state index is 13.6. The summed E-state index contributed by atoms with van der Waals surface area (Å²) in [6.07, 6.45) is 5.26. The van der Waals surface area contributed by atoms with Crippen molar-refractivity contribution in [1.82, 2.24) is 15.1 Å². The molecule has 1 aromatic heterocycles. The Hall–Kier alpha value is -3.16. The molecule has 2 aliphatic rings. The maximum Gasteiger partial charge on any atom is 0.358 e. The van der Waals surface area contributed by atoms with Gasteiger partial charge in [0.15, 0.2) is 5.69 Å². The van der Waals surface area contributed by atoms with E-state index in [2.05, 4.69) is 10.4 Å². The van der Waals surface area contributed by atoms with E-state index < -0.39 is 11.5 Å². The van der Waals surface area contributed by atoms with E-state index in [0.29, 0.717) is 5.69 Å². The molecule has 8 heteroatoms. The molecule has 1 N–H and O–H groups in total. The number of hydrogen-bond donors (Lipinski definition) is 1. The summed E-state index contributed by atoms with van der Waals surface area (Å²) in [7, 11) is 1.27. The number of aryl methyl sites for hydroxylation is 1. The third kappa shape index (κ3) is 3.82. The molecule has 1 aliphatic heterocycles. The van der Waals surface area contributed by atoms with Crippen molar-refractivity contribution in [2.75, 3.05) is 12.0 Å². The first-order valence-corrected chi connectivity index (χ1v) is 10.7. The summed E-state index contributed by atoms with van der Waals surface area (Å²) in [5.41, 5.74) is 0.787. The van der Waals surface area contributed by atoms with E-state index in [1.165, 1.54) is 29.2 Å². The topological polar surface area (TPSA) is 93.5 Å². The van der Waals surface area contributed by atoms with Gasteiger partial charge in [-0.05, 0) is 38.8 Å². The standard InChI is InChI=1S/C23H28N4O4/c1-15-9-11-17(12-10-15)27-20(28)19-13-18(21(29)31-3)25-26(19)14-23(27,2)22(30)24-16-7-5-4-6-8-16/h9-13,16H,4-8,14H2,1-3H3,(H,24,30)/t23-/m1/s1. The zero-order valence-electron chi connectivity index (χ0n) is 18.2. The molecule has 2 heterocycles. The van der Waals surface area contributed by atoms with Crippen molar-refractivity contribution in [2.24, 2.45) is 0 Å². The van der Waals surface area contributed by atoms with Gasteiger partial charge in [-0.2, -0.15) is 5.10 Å². The lowest BCUT2D eigenvalue weighted by Gasteiger charge is -2.44. The van der Waals surface area contributed by atoms with Crippen LogP contribution in [0.5, 0.6) is 0 Å². The van der Waals surface area contributed by atoms with Gasteiger partial charge in [-0.25, -0.2) is 4.79 Å². The summed E-state index contributed by atoms with van der Waals surface area (Å²) >= 11 is 0. The second-order valence-corrected chi connectivity index (χ2v) is 8.62. The Morgan fingerprint density at radius 3 is 2.48 bits per heavy atom. The summed E-state index contributed by atoms with van der Waals surface area (Å²) in [6.45, 7) is 3.86. The van der Waals surface area contributed by atoms with Crippen molar-refractivity contribution in [3.63, 3.8) is 0 Å². The van der Waals surface area contributed by atoms with Crippen LogP contribution >= 0.6 is 0 Å². The monoisotopic (exact) mass is 424 g/mol. The number of carbonyl (C=O) groups is 3. The number of fused-ring (bicyclic) bond motifs is 1. The molecule has 1 atom stereocenters. The number of ether oxygens (including phenoxy) is 1. The van der Waals surface area contributed by atoms with E-state index in [9.17, 15) is 14.4 Å². The van der Waals surface area contributed by atoms with Crippen LogP contribution in [0.25, 0.3) is 0 Å². The van der Waals surface area contributed by atoms with Crippen molar-refractivity contribution < 1.29 is 19.1 Å². The number of nitrogens with zero attached hydrogens (tertiary/aromatic N) is 3. The molecule has 164 valence electrons. The molecule has 1 aromatic carbocycles. The Balaban J connectivity index is 1.75. The Morgan fingerprint density at radius 2 is 1.84 bits per heavy atom. The van der Waals surface area contributed by atoms with Gasteiger partial charge < -0.3 is 10.1 Å². The molecule has 0 spiro atoms. The minimum absolute atomic E-state index is 0.0478. The predicted molar refractivity (Wildman–Crippen MR) is 115 cm³/mol. The lowest BCUT2D eigenvalue weighted by molar-refractivity contribution is -0.127. The number of esters is 1. The minimum atomic E-state index is -1.20. The van der Waals surface area contributed by atoms with Gasteiger partial charge >= 0.3 is 5.97 Å². The molecular weight excluding hydrogens is 396 g/mol. The van der Waals surface area contributed by atoms with Crippen LogP contribution in [0.2, 0.25) is 0 Å². The van der Waals surface area contributed by atoms with Crippen LogP contribution in [0, 0.1) is 6.92 Å². The Labute approximate surface area is 181 Å². The first kappa shape index (κ1) is 21.1. The third-order valence-electron chi connectivity index (χ3n) is 6.27. The predicted octanol–water partition coefficient (Wildman–Crippen LogP) is 2.85. The van der Waals surface area contributed by atoms with E-state index in [0.717, 1.165) is 31.2 Å². The van der Waals surface area contributed by atoms with Crippen LogP contribution in [0.3, 0.4) is 0 Å². The molecule has 0 bridgehead atoms. The number of rotatable bonds is 4. The smallest absolute Gasteiger partial charge is 0.358 e. The van der Waals surface area contributed by atoms with Gasteiger partial charge in [0.2, 0.25) is 5.91 Å². The number of methoxy groups -OCH3 is 1. The highest BCUT2D eigenvalue weighted by Gasteiger charge is 2.49. The fourth-order valence-electron chi connectivity index (χ4n) is 4.47. The number of hydrogen-bond acceptors (Lipinski definition) is 5. The maximum atomic E-state index is 13.6. The number of anilines is 1. The van der Waals surface area contributed by atoms with E-state index >= 15 is 0 Å². The molecule has 0 radical (unpaired) electrons. The van der Waals surface area contributed by atoms with Crippen LogP contribution < -0.4 is 10.2 Å². The van der Waals surface area contributed by atoms with Gasteiger partial charge in [0.05, 0.1) is 13.7 Å². The average Bonchev–Trinajstić information content (AvgIpc) is 3.19. The molecule has 1 saturated carbocycles. The van der Waals surface area contributed by atoms with Gasteiger partial charge in [0.25, 0.3) is 5.91 Å². The molecule has 0 unspecified atom stereocenters. The van der Waals surface area contributed by atoms with Gasteiger partial charge in [-0.1, -0.05) is 37.0 Å². The van der Waals surface area contributed by atoms with E-state index in [-0.39, 0.29) is 35.8 Å². The molecule has 1 fully saturated rings. The number of carbonyl (C=O) groups excluding carboxylic acids is 3. The second kappa shape index (κ2) is 8.17. The van der Waals surface area contributed by atoms with Crippen LogP contribution in [0.1, 0.15) is 65.6 Å². The second-order valence-electron chi connectivity index (χ2n) is 8.62. The van der Waals surface area contributed by atoms with E-state index in [4.69, 9.17) is 4.74 Å². The molecule has 0 saturated heterocycles. The van der Waals surface area contributed by atoms with Crippen molar-refractivity contribution in [3.05, 3.63) is 47.3 Å². The molecular formula is C23H28N4O4. The lowest BCUT2D eigenvalue weighted by Crippen LogP contribution is -2.65. The van der Waals surface area contributed by atoms with Gasteiger partial charge in [0.1, 0.15) is 11.2 Å². The van der Waals surface area contributed by atoms with Gasteiger partial charge in [-0.15, -0.1) is 0 Å². The highest BCUT2D eigenvalue weighted by atomic mass is 16.5. The number of amides is 2. The van der Waals surface area contributed by atoms with Crippen LogP contribution in [-0.4, -0.2) is 46.3 Å². The first-order chi connectivity index (χ1) is 14.8. The van der Waals surface area contributed by atoms with Crippen molar-refractivity contribution in [2.45, 2.75) is 64.1 Å². The quantitative estimate of drug-likeness (QED) is 0.762. The molecule has 4 rings (SSSR count). The normalized spacial score (nSPS) is 21.5. The Bertz CT molecular complexity index is 1010. The van der Waals surface area contributed by atoms with Crippen LogP contribution in [0.15, 0.2) is 30.3 Å². The highest BCUT2D eigenvalue weighted by molar-refractivity contribution is 6.12. The van der Waals surface area contributed by atoms with Gasteiger partial charge in [-0.3, -0.25) is 19.2 Å². The number of nitrogens with one attached hydrogen (secondary N) is 1. The average molecular weight is 425 g/mol. The Morgan fingerprint density at radius 1 is 1.16 bits per heavy atom.